The van der Waals surface area contributed by atoms with E-state index in [0.717, 1.165) is 79.6 Å². The number of β-amino-alcohol motifs (C(OH)–C–C–N with tert-alkyl or cyclic N) is 1. The van der Waals surface area contributed by atoms with Gasteiger partial charge in [0.25, 0.3) is 0 Å². The minimum absolute atomic E-state index is 0.0168. The van der Waals surface area contributed by atoms with Gasteiger partial charge in [-0.15, -0.1) is 11.3 Å². The number of aliphatic hydroxyl groups is 1. The highest BCUT2D eigenvalue weighted by atomic mass is 35.5. The van der Waals surface area contributed by atoms with Crippen molar-refractivity contribution in [2.24, 2.45) is 5.41 Å². The summed E-state index contributed by atoms with van der Waals surface area (Å²) in [5.74, 6) is -1.24. The molecule has 1 saturated heterocycles. The van der Waals surface area contributed by atoms with Crippen LogP contribution in [0.5, 0.6) is 0 Å². The van der Waals surface area contributed by atoms with E-state index in [2.05, 4.69) is 62.8 Å². The minimum Gasteiger partial charge on any atom is -0.391 e. The molecule has 2 aromatic heterocycles. The number of nitrogens with zero attached hydrogens (tertiary/aromatic N) is 5. The number of aryl methyl sites for hydroxylation is 4. The SMILES string of the molecule is Cc1ccc(-c2c(C)n[nH]c2C)c(C)c1N(CCCCCOCC(=O)N[C@H](C(=O)N1C[C@H](O)C[C@H]1C(=O)N[C@@H](C)c1ccc(-c2scnc2C)cc1)C(C)(C)C)c1ccc(C#N)c(Cl)c1. The van der Waals surface area contributed by atoms with E-state index in [9.17, 15) is 24.8 Å². The number of anilines is 2. The summed E-state index contributed by atoms with van der Waals surface area (Å²) in [4.78, 5) is 50.3. The Balaban J connectivity index is 1.03. The number of halogens is 1. The first-order chi connectivity index (χ1) is 30.9. The van der Waals surface area contributed by atoms with Crippen LogP contribution < -0.4 is 15.5 Å². The Morgan fingerprint density at radius 1 is 1.03 bits per heavy atom. The fourth-order valence-corrected chi connectivity index (χ4v) is 9.66. The molecule has 3 amide bonds. The second-order valence-corrected chi connectivity index (χ2v) is 19.4. The molecule has 1 aliphatic heterocycles. The van der Waals surface area contributed by atoms with Crippen LogP contribution in [0.2, 0.25) is 5.02 Å². The lowest BCUT2D eigenvalue weighted by Crippen LogP contribution is -2.58. The van der Waals surface area contributed by atoms with Gasteiger partial charge in [-0.3, -0.25) is 19.5 Å². The standard InChI is InChI=1S/C50H61ClN8O5S/c1-29-13-20-40(44-32(4)56-57-33(44)5)30(2)45(29)58(38-19-18-37(25-52)41(51)23-38)21-11-10-12-22-64-27-43(61)55-47(50(7,8)9)49(63)59-26-39(60)24-42(59)48(62)54-31(3)35-14-16-36(17-15-35)46-34(6)53-28-65-46/h13-20,23,28,31,39,42,47,60H,10-12,21-22,24,26-27H2,1-9H3,(H,54,62)(H,55,61)(H,56,57)/t31-,39+,42-,47+/m0/s1. The fourth-order valence-electron chi connectivity index (χ4n) is 8.64. The number of rotatable bonds is 17. The first-order valence-electron chi connectivity index (χ1n) is 22.1. The second-order valence-electron chi connectivity index (χ2n) is 18.1. The molecule has 344 valence electrons. The predicted octanol–water partition coefficient (Wildman–Crippen LogP) is 8.96. The molecule has 0 radical (unpaired) electrons. The summed E-state index contributed by atoms with van der Waals surface area (Å²) >= 11 is 8.14. The Morgan fingerprint density at radius 2 is 1.77 bits per heavy atom. The molecule has 1 fully saturated rings. The molecule has 3 aromatic carbocycles. The van der Waals surface area contributed by atoms with Gasteiger partial charge >= 0.3 is 0 Å². The number of nitriles is 1. The lowest BCUT2D eigenvalue weighted by Gasteiger charge is -2.35. The van der Waals surface area contributed by atoms with Crippen molar-refractivity contribution in [1.29, 1.82) is 5.26 Å². The molecule has 6 rings (SSSR count). The monoisotopic (exact) mass is 920 g/mol. The van der Waals surface area contributed by atoms with Crippen LogP contribution in [0.1, 0.15) is 98.8 Å². The summed E-state index contributed by atoms with van der Waals surface area (Å²) in [6, 6.07) is 17.7. The zero-order valence-electron chi connectivity index (χ0n) is 38.8. The summed E-state index contributed by atoms with van der Waals surface area (Å²) < 4.78 is 5.83. The smallest absolute Gasteiger partial charge is 0.246 e. The average molecular weight is 922 g/mol. The number of hydrogen-bond donors (Lipinski definition) is 4. The van der Waals surface area contributed by atoms with Crippen molar-refractivity contribution in [1.82, 2.24) is 30.7 Å². The molecule has 5 aromatic rings. The van der Waals surface area contributed by atoms with E-state index in [-0.39, 0.29) is 31.5 Å². The number of amides is 3. The highest BCUT2D eigenvalue weighted by Gasteiger charge is 2.44. The zero-order valence-corrected chi connectivity index (χ0v) is 40.4. The normalized spacial score (nSPS) is 15.9. The van der Waals surface area contributed by atoms with Gasteiger partial charge in [-0.25, -0.2) is 4.98 Å². The van der Waals surface area contributed by atoms with E-state index in [1.807, 2.05) is 90.4 Å². The quantitative estimate of drug-likeness (QED) is 0.0664. The molecule has 0 aliphatic carbocycles. The largest absolute Gasteiger partial charge is 0.391 e. The Morgan fingerprint density at radius 3 is 2.40 bits per heavy atom. The number of nitrogens with one attached hydrogen (secondary N) is 3. The first kappa shape index (κ1) is 48.9. The van der Waals surface area contributed by atoms with Crippen molar-refractivity contribution in [2.45, 2.75) is 112 Å². The summed E-state index contributed by atoms with van der Waals surface area (Å²) in [5.41, 5.74) is 12.7. The number of unbranched alkanes of at least 4 members (excludes halogenated alkanes) is 2. The van der Waals surface area contributed by atoms with Gasteiger partial charge in [0.1, 0.15) is 24.8 Å². The highest BCUT2D eigenvalue weighted by molar-refractivity contribution is 7.13. The number of benzene rings is 3. The Labute approximate surface area is 391 Å². The number of thiazole rings is 1. The number of carbonyl (C=O) groups is 3. The van der Waals surface area contributed by atoms with Gasteiger partial charge in [0.05, 0.1) is 44.5 Å². The van der Waals surface area contributed by atoms with Gasteiger partial charge < -0.3 is 30.3 Å². The maximum atomic E-state index is 14.2. The van der Waals surface area contributed by atoms with Crippen LogP contribution >= 0.6 is 22.9 Å². The molecule has 3 heterocycles. The van der Waals surface area contributed by atoms with Crippen LogP contribution in [0.3, 0.4) is 0 Å². The summed E-state index contributed by atoms with van der Waals surface area (Å²) in [5, 5.41) is 34.1. The van der Waals surface area contributed by atoms with Crippen molar-refractivity contribution < 1.29 is 24.2 Å². The number of aromatic amines is 1. The summed E-state index contributed by atoms with van der Waals surface area (Å²) in [6.07, 6.45) is 1.51. The van der Waals surface area contributed by atoms with E-state index < -0.39 is 35.4 Å². The summed E-state index contributed by atoms with van der Waals surface area (Å²) in [6.45, 7) is 18.4. The van der Waals surface area contributed by atoms with Crippen LogP contribution in [0.15, 0.2) is 60.1 Å². The molecule has 4 N–H and O–H groups in total. The minimum atomic E-state index is -0.965. The lowest BCUT2D eigenvalue weighted by atomic mass is 9.85. The third-order valence-electron chi connectivity index (χ3n) is 12.1. The number of ether oxygens (including phenoxy) is 1. The molecule has 0 spiro atoms. The first-order valence-corrected chi connectivity index (χ1v) is 23.4. The molecule has 13 nitrogen and oxygen atoms in total. The number of aliphatic hydroxyl groups excluding tert-OH is 1. The van der Waals surface area contributed by atoms with Crippen LogP contribution in [0.25, 0.3) is 21.6 Å². The zero-order chi connectivity index (χ0) is 47.2. The molecule has 0 unspecified atom stereocenters. The van der Waals surface area contributed by atoms with E-state index >= 15 is 0 Å². The second kappa shape index (κ2) is 21.1. The average Bonchev–Trinajstić information content (AvgIpc) is 3.98. The molecule has 15 heteroatoms. The fraction of sp³-hybridized carbons (Fsp3) is 0.440. The molecule has 0 bridgehead atoms. The van der Waals surface area contributed by atoms with Crippen LogP contribution in [-0.4, -0.2) is 87.4 Å². The number of likely N-dealkylation sites (tertiary alicyclic amines) is 1. The van der Waals surface area contributed by atoms with Crippen molar-refractivity contribution in [3.8, 4) is 27.6 Å². The molecule has 1 aliphatic rings. The number of aromatic nitrogens is 3. The van der Waals surface area contributed by atoms with Crippen LogP contribution in [0, 0.1) is 51.4 Å². The summed E-state index contributed by atoms with van der Waals surface area (Å²) in [7, 11) is 0. The van der Waals surface area contributed by atoms with Gasteiger partial charge in [0.15, 0.2) is 0 Å². The van der Waals surface area contributed by atoms with E-state index in [1.54, 1.807) is 17.4 Å². The maximum absolute atomic E-state index is 14.2. The Bertz CT molecular complexity index is 2520. The predicted molar refractivity (Wildman–Crippen MR) is 257 cm³/mol. The lowest BCUT2D eigenvalue weighted by molar-refractivity contribution is -0.144. The van der Waals surface area contributed by atoms with Gasteiger partial charge in [-0.2, -0.15) is 10.4 Å². The van der Waals surface area contributed by atoms with Crippen molar-refractivity contribution in [3.05, 3.63) is 104 Å². The molecule has 4 atom stereocenters. The molecular formula is C50H61ClN8O5S. The molecule has 65 heavy (non-hydrogen) atoms. The van der Waals surface area contributed by atoms with Gasteiger partial charge in [-0.05, 0) is 112 Å². The van der Waals surface area contributed by atoms with Crippen LogP contribution in [0.4, 0.5) is 11.4 Å². The van der Waals surface area contributed by atoms with Gasteiger partial charge in [0.2, 0.25) is 17.7 Å². The van der Waals surface area contributed by atoms with E-state index in [4.69, 9.17) is 16.3 Å². The maximum Gasteiger partial charge on any atom is 0.246 e. The van der Waals surface area contributed by atoms with Gasteiger partial charge in [-0.1, -0.05) is 68.8 Å². The molecular weight excluding hydrogens is 860 g/mol. The van der Waals surface area contributed by atoms with Crippen molar-refractivity contribution >= 4 is 52.0 Å². The van der Waals surface area contributed by atoms with Gasteiger partial charge in [0, 0.05) is 48.7 Å². The van der Waals surface area contributed by atoms with E-state index in [1.165, 1.54) is 4.90 Å². The number of hydrogen-bond acceptors (Lipinski definition) is 10. The van der Waals surface area contributed by atoms with E-state index in [0.29, 0.717) is 30.2 Å². The topological polar surface area (TPSA) is 177 Å². The Hall–Kier alpha value is -5.59. The third-order valence-corrected chi connectivity index (χ3v) is 13.4. The third kappa shape index (κ3) is 11.4. The Kier molecular flexibility index (Phi) is 15.9. The highest BCUT2D eigenvalue weighted by Crippen LogP contribution is 2.40. The number of H-pyrrole nitrogens is 1. The van der Waals surface area contributed by atoms with Crippen molar-refractivity contribution in [3.63, 3.8) is 0 Å². The molecule has 0 saturated carbocycles. The van der Waals surface area contributed by atoms with Crippen LogP contribution in [-0.2, 0) is 19.1 Å². The van der Waals surface area contributed by atoms with Crippen molar-refractivity contribution in [2.75, 3.05) is 31.2 Å². The number of carbonyl (C=O) groups excluding carboxylic acids is 3.